The van der Waals surface area contributed by atoms with Crippen molar-refractivity contribution in [1.29, 1.82) is 0 Å². The summed E-state index contributed by atoms with van der Waals surface area (Å²) in [4.78, 5) is 12.7. The van der Waals surface area contributed by atoms with E-state index in [4.69, 9.17) is 5.73 Å². The lowest BCUT2D eigenvalue weighted by atomic mass is 9.39. The molecule has 5 saturated carbocycles. The second-order valence-corrected chi connectivity index (χ2v) is 8.86. The van der Waals surface area contributed by atoms with Crippen LogP contribution in [0.15, 0.2) is 0 Å². The van der Waals surface area contributed by atoms with Gasteiger partial charge in [0.2, 0.25) is 5.91 Å². The van der Waals surface area contributed by atoms with E-state index in [0.29, 0.717) is 22.2 Å². The molecule has 0 bridgehead atoms. The largest absolute Gasteiger partial charge is 0.369 e. The number of fused-ring (bicyclic) bond motifs is 1. The Morgan fingerprint density at radius 2 is 1.48 bits per heavy atom. The summed E-state index contributed by atoms with van der Waals surface area (Å²) >= 11 is 0. The van der Waals surface area contributed by atoms with Crippen molar-refractivity contribution in [3.8, 4) is 0 Å². The average Bonchev–Trinajstić information content (AvgIpc) is 2.86. The number of nitrogens with two attached hydrogens (primary N) is 1. The van der Waals surface area contributed by atoms with E-state index in [1.165, 1.54) is 77.0 Å². The van der Waals surface area contributed by atoms with Gasteiger partial charge in [-0.05, 0) is 60.7 Å². The molecule has 0 aromatic heterocycles. The molecule has 0 saturated heterocycles. The lowest BCUT2D eigenvalue weighted by Gasteiger charge is -2.63. The normalized spacial score (nSPS) is 53.0. The molecule has 2 N–H and O–H groups in total. The molecule has 4 unspecified atom stereocenters. The van der Waals surface area contributed by atoms with Gasteiger partial charge in [-0.15, -0.1) is 0 Å². The maximum absolute atomic E-state index is 12.7. The maximum Gasteiger partial charge on any atom is 0.224 e. The summed E-state index contributed by atoms with van der Waals surface area (Å²) in [5, 5.41) is 0. The molecule has 21 heavy (non-hydrogen) atoms. The minimum Gasteiger partial charge on any atom is -0.369 e. The highest BCUT2D eigenvalue weighted by molar-refractivity contribution is 5.87. The Morgan fingerprint density at radius 3 is 2.24 bits per heavy atom. The topological polar surface area (TPSA) is 43.1 Å². The molecule has 3 spiro atoms. The standard InChI is InChI=1S/C19H29NO/c20-15(21)17-11-6-7-13-19(17)16(9-3-1-4-10-16)18(19)12-5-2-8-14(17)18/h14H,1-13H2,(H2,20,21). The van der Waals surface area contributed by atoms with Crippen LogP contribution in [0.25, 0.3) is 0 Å². The van der Waals surface area contributed by atoms with E-state index in [2.05, 4.69) is 0 Å². The van der Waals surface area contributed by atoms with Gasteiger partial charge in [0, 0.05) is 0 Å². The maximum atomic E-state index is 12.7. The highest BCUT2D eigenvalue weighted by Gasteiger charge is 3.01. The van der Waals surface area contributed by atoms with Crippen LogP contribution in [0.2, 0.25) is 0 Å². The number of carbonyl (C=O) groups is 1. The summed E-state index contributed by atoms with van der Waals surface area (Å²) in [5.74, 6) is 0.752. The highest BCUT2D eigenvalue weighted by Crippen LogP contribution is 3.04. The molecule has 2 nitrogen and oxygen atoms in total. The fourth-order valence-corrected chi connectivity index (χ4v) is 9.25. The molecule has 5 fully saturated rings. The summed E-state index contributed by atoms with van der Waals surface area (Å²) in [7, 11) is 0. The molecule has 1 amide bonds. The van der Waals surface area contributed by atoms with E-state index in [9.17, 15) is 4.79 Å². The summed E-state index contributed by atoms with van der Waals surface area (Å²) in [6.07, 6.45) is 17.6. The number of carbonyl (C=O) groups excluding carboxylic acids is 1. The molecule has 5 aliphatic rings. The Labute approximate surface area is 128 Å². The van der Waals surface area contributed by atoms with Gasteiger partial charge in [0.05, 0.1) is 5.41 Å². The minimum absolute atomic E-state index is 0.0803. The van der Waals surface area contributed by atoms with Gasteiger partial charge in [-0.25, -0.2) is 0 Å². The van der Waals surface area contributed by atoms with E-state index < -0.39 is 0 Å². The molecule has 0 radical (unpaired) electrons. The first-order chi connectivity index (χ1) is 10.2. The number of amides is 1. The molecule has 0 heterocycles. The smallest absolute Gasteiger partial charge is 0.224 e. The Kier molecular flexibility index (Phi) is 2.27. The van der Waals surface area contributed by atoms with E-state index in [0.717, 1.165) is 6.42 Å². The van der Waals surface area contributed by atoms with Gasteiger partial charge in [-0.2, -0.15) is 0 Å². The van der Waals surface area contributed by atoms with Crippen LogP contribution >= 0.6 is 0 Å². The van der Waals surface area contributed by atoms with Gasteiger partial charge in [-0.3, -0.25) is 4.79 Å². The third kappa shape index (κ3) is 0.965. The zero-order valence-electron chi connectivity index (χ0n) is 13.3. The van der Waals surface area contributed by atoms with Crippen LogP contribution in [0.4, 0.5) is 0 Å². The van der Waals surface area contributed by atoms with Crippen LogP contribution < -0.4 is 5.73 Å². The third-order valence-corrected chi connectivity index (χ3v) is 9.15. The van der Waals surface area contributed by atoms with Gasteiger partial charge in [-0.1, -0.05) is 44.9 Å². The lowest BCUT2D eigenvalue weighted by molar-refractivity contribution is -0.184. The van der Waals surface area contributed by atoms with Crippen molar-refractivity contribution in [2.24, 2.45) is 33.3 Å². The summed E-state index contributed by atoms with van der Waals surface area (Å²) in [6.45, 7) is 0. The third-order valence-electron chi connectivity index (χ3n) is 9.15. The van der Waals surface area contributed by atoms with Crippen LogP contribution in [0, 0.1) is 27.6 Å². The minimum atomic E-state index is -0.0803. The first-order valence-corrected chi connectivity index (χ1v) is 9.50. The molecular weight excluding hydrogens is 258 g/mol. The number of rotatable bonds is 1. The van der Waals surface area contributed by atoms with Crippen molar-refractivity contribution in [3.63, 3.8) is 0 Å². The molecule has 5 aliphatic carbocycles. The van der Waals surface area contributed by atoms with Crippen molar-refractivity contribution < 1.29 is 4.79 Å². The Bertz CT molecular complexity index is 493. The number of hydrogen-bond donors (Lipinski definition) is 1. The summed E-state index contributed by atoms with van der Waals surface area (Å²) in [5.41, 5.74) is 7.50. The fraction of sp³-hybridized carbons (Fsp3) is 0.947. The number of hydrogen-bond acceptors (Lipinski definition) is 1. The molecule has 0 aromatic carbocycles. The molecule has 5 rings (SSSR count). The van der Waals surface area contributed by atoms with E-state index in [-0.39, 0.29) is 11.3 Å². The van der Waals surface area contributed by atoms with E-state index >= 15 is 0 Å². The predicted molar refractivity (Wildman–Crippen MR) is 82.4 cm³/mol. The first-order valence-electron chi connectivity index (χ1n) is 9.50. The van der Waals surface area contributed by atoms with Crippen LogP contribution in [0.5, 0.6) is 0 Å². The van der Waals surface area contributed by atoms with Crippen LogP contribution in [-0.2, 0) is 4.79 Å². The SMILES string of the molecule is NC(=O)C12CCCCC13C1(CCCCC1)C31CCCCC21. The molecule has 0 aromatic rings. The second kappa shape index (κ2) is 3.68. The van der Waals surface area contributed by atoms with Crippen molar-refractivity contribution >= 4 is 5.91 Å². The molecule has 0 aliphatic heterocycles. The van der Waals surface area contributed by atoms with Crippen LogP contribution in [-0.4, -0.2) is 5.91 Å². The van der Waals surface area contributed by atoms with E-state index in [1.54, 1.807) is 0 Å². The Morgan fingerprint density at radius 1 is 0.810 bits per heavy atom. The van der Waals surface area contributed by atoms with Gasteiger partial charge in [0.25, 0.3) is 0 Å². The summed E-state index contributed by atoms with van der Waals surface area (Å²) < 4.78 is 0. The summed E-state index contributed by atoms with van der Waals surface area (Å²) in [6, 6.07) is 0. The quantitative estimate of drug-likeness (QED) is 0.772. The van der Waals surface area contributed by atoms with Crippen molar-refractivity contribution in [2.75, 3.05) is 0 Å². The van der Waals surface area contributed by atoms with E-state index in [1.807, 2.05) is 0 Å². The second-order valence-electron chi connectivity index (χ2n) is 8.86. The highest BCUT2D eigenvalue weighted by atomic mass is 16.1. The molecule has 116 valence electrons. The average molecular weight is 287 g/mol. The van der Waals surface area contributed by atoms with Gasteiger partial charge in [0.15, 0.2) is 0 Å². The van der Waals surface area contributed by atoms with Gasteiger partial charge in [0.1, 0.15) is 0 Å². The lowest BCUT2D eigenvalue weighted by Crippen LogP contribution is -2.64. The molecular formula is C19H29NO. The monoisotopic (exact) mass is 287 g/mol. The van der Waals surface area contributed by atoms with Crippen molar-refractivity contribution in [3.05, 3.63) is 0 Å². The van der Waals surface area contributed by atoms with Gasteiger partial charge < -0.3 is 5.73 Å². The fourth-order valence-electron chi connectivity index (χ4n) is 9.25. The molecule has 4 atom stereocenters. The van der Waals surface area contributed by atoms with Crippen molar-refractivity contribution in [2.45, 2.75) is 83.5 Å². The van der Waals surface area contributed by atoms with Gasteiger partial charge >= 0.3 is 0 Å². The van der Waals surface area contributed by atoms with Crippen LogP contribution in [0.3, 0.4) is 0 Å². The van der Waals surface area contributed by atoms with Crippen LogP contribution in [0.1, 0.15) is 83.5 Å². The van der Waals surface area contributed by atoms with Crippen molar-refractivity contribution in [1.82, 2.24) is 0 Å². The zero-order chi connectivity index (χ0) is 14.3. The zero-order valence-corrected chi connectivity index (χ0v) is 13.3. The predicted octanol–water partition coefficient (Wildman–Crippen LogP) is 4.17. The first kappa shape index (κ1) is 13.0. The Balaban J connectivity index is 1.69. The molecule has 2 heteroatoms. The number of primary amides is 1. The Hall–Kier alpha value is -0.530.